The summed E-state index contributed by atoms with van der Waals surface area (Å²) >= 11 is 0. The Morgan fingerprint density at radius 3 is 2.45 bits per heavy atom. The minimum absolute atomic E-state index is 0.00704. The second-order valence-corrected chi connectivity index (χ2v) is 11.1. The highest BCUT2D eigenvalue weighted by Crippen LogP contribution is 2.28. The van der Waals surface area contributed by atoms with E-state index >= 15 is 0 Å². The van der Waals surface area contributed by atoms with Crippen molar-refractivity contribution in [3.63, 3.8) is 0 Å². The normalized spacial score (nSPS) is 20.9. The Hall–Kier alpha value is -2.28. The lowest BCUT2D eigenvalue weighted by molar-refractivity contribution is -0.128. The van der Waals surface area contributed by atoms with Crippen LogP contribution in [0.5, 0.6) is 5.75 Å². The van der Waals surface area contributed by atoms with Crippen molar-refractivity contribution in [2.24, 2.45) is 11.8 Å². The number of likely N-dealkylation sites (tertiary alicyclic amines) is 1. The van der Waals surface area contributed by atoms with Gasteiger partial charge in [-0.3, -0.25) is 9.69 Å². The standard InChI is InChI=1S/C26H41N3O4/c1-17(2)22(16-28-11-9-18(3)10-12-28)27-24(31)23-14-19-7-8-21(30)13-20(19)15-29(23)25(32)33-26(4,5)6/h7-8,13,17-18,22-23,30H,9-12,14-16H2,1-6H3,(H,27,31)/t22-,23-/m1/s1. The first-order valence-corrected chi connectivity index (χ1v) is 12.3. The van der Waals surface area contributed by atoms with Gasteiger partial charge in [0.2, 0.25) is 5.91 Å². The number of carbonyl (C=O) groups excluding carboxylic acids is 2. The monoisotopic (exact) mass is 459 g/mol. The zero-order valence-corrected chi connectivity index (χ0v) is 21.1. The molecule has 0 aliphatic carbocycles. The summed E-state index contributed by atoms with van der Waals surface area (Å²) in [4.78, 5) is 30.5. The van der Waals surface area contributed by atoms with Crippen LogP contribution in [0.15, 0.2) is 18.2 Å². The Bertz CT molecular complexity index is 840. The van der Waals surface area contributed by atoms with E-state index in [1.807, 2.05) is 26.8 Å². The number of nitrogens with zero attached hydrogens (tertiary/aromatic N) is 2. The third-order valence-corrected chi connectivity index (χ3v) is 6.71. The van der Waals surface area contributed by atoms with Crippen LogP contribution in [0.25, 0.3) is 0 Å². The first kappa shape index (κ1) is 25.3. The number of amides is 2. The van der Waals surface area contributed by atoms with Crippen molar-refractivity contribution in [1.29, 1.82) is 0 Å². The summed E-state index contributed by atoms with van der Waals surface area (Å²) in [7, 11) is 0. The molecule has 2 heterocycles. The fourth-order valence-corrected chi connectivity index (χ4v) is 4.54. The Kier molecular flexibility index (Phi) is 7.93. The Labute approximate surface area is 198 Å². The zero-order chi connectivity index (χ0) is 24.3. The number of phenols is 1. The molecule has 0 unspecified atom stereocenters. The predicted octanol–water partition coefficient (Wildman–Crippen LogP) is 3.93. The van der Waals surface area contributed by atoms with Crippen molar-refractivity contribution in [1.82, 2.24) is 15.1 Å². The van der Waals surface area contributed by atoms with E-state index in [9.17, 15) is 14.7 Å². The summed E-state index contributed by atoms with van der Waals surface area (Å²) in [5, 5.41) is 13.2. The number of fused-ring (bicyclic) bond motifs is 1. The molecule has 1 aromatic rings. The van der Waals surface area contributed by atoms with Crippen molar-refractivity contribution in [3.05, 3.63) is 29.3 Å². The van der Waals surface area contributed by atoms with E-state index in [2.05, 4.69) is 31.0 Å². The summed E-state index contributed by atoms with van der Waals surface area (Å²) in [6.07, 6.45) is 2.27. The summed E-state index contributed by atoms with van der Waals surface area (Å²) in [5.41, 5.74) is 1.15. The second-order valence-electron chi connectivity index (χ2n) is 11.1. The largest absolute Gasteiger partial charge is 0.508 e. The number of hydrogen-bond donors (Lipinski definition) is 2. The average Bonchev–Trinajstić information content (AvgIpc) is 2.72. The number of ether oxygens (including phenoxy) is 1. The van der Waals surface area contributed by atoms with Gasteiger partial charge in [-0.1, -0.05) is 26.8 Å². The molecule has 2 aliphatic heterocycles. The number of phenolic OH excluding ortho intramolecular Hbond substituents is 1. The molecule has 0 aromatic heterocycles. The lowest BCUT2D eigenvalue weighted by Crippen LogP contribution is -2.57. The molecular formula is C26H41N3O4. The summed E-state index contributed by atoms with van der Waals surface area (Å²) in [6, 6.07) is 4.49. The number of piperidine rings is 1. The Morgan fingerprint density at radius 2 is 1.85 bits per heavy atom. The van der Waals surface area contributed by atoms with Crippen LogP contribution in [0, 0.1) is 11.8 Å². The number of nitrogens with one attached hydrogen (secondary N) is 1. The SMILES string of the molecule is CC1CCN(C[C@@H](NC(=O)[C@H]2Cc3ccc(O)cc3CN2C(=O)OC(C)(C)C)C(C)C)CC1. The maximum atomic E-state index is 13.5. The molecule has 184 valence electrons. The number of benzene rings is 1. The third-order valence-electron chi connectivity index (χ3n) is 6.71. The van der Waals surface area contributed by atoms with E-state index in [1.54, 1.807) is 12.1 Å². The maximum absolute atomic E-state index is 13.5. The molecule has 2 N–H and O–H groups in total. The van der Waals surface area contributed by atoms with Gasteiger partial charge in [0, 0.05) is 19.0 Å². The van der Waals surface area contributed by atoms with Gasteiger partial charge >= 0.3 is 6.09 Å². The summed E-state index contributed by atoms with van der Waals surface area (Å²) < 4.78 is 5.62. The van der Waals surface area contributed by atoms with Crippen LogP contribution in [-0.4, -0.2) is 64.2 Å². The summed E-state index contributed by atoms with van der Waals surface area (Å²) in [5.74, 6) is 1.04. The topological polar surface area (TPSA) is 82.1 Å². The van der Waals surface area contributed by atoms with E-state index in [0.717, 1.165) is 36.7 Å². The van der Waals surface area contributed by atoms with Gasteiger partial charge in [-0.2, -0.15) is 0 Å². The van der Waals surface area contributed by atoms with E-state index < -0.39 is 17.7 Å². The number of carbonyl (C=O) groups is 2. The number of aromatic hydroxyl groups is 1. The second kappa shape index (κ2) is 10.3. The molecule has 0 spiro atoms. The molecule has 0 bridgehead atoms. The Morgan fingerprint density at radius 1 is 1.18 bits per heavy atom. The maximum Gasteiger partial charge on any atom is 0.411 e. The van der Waals surface area contributed by atoms with Crippen molar-refractivity contribution in [3.8, 4) is 5.75 Å². The minimum Gasteiger partial charge on any atom is -0.508 e. The van der Waals surface area contributed by atoms with Crippen LogP contribution in [0.1, 0.15) is 65.5 Å². The average molecular weight is 460 g/mol. The van der Waals surface area contributed by atoms with E-state index in [0.29, 0.717) is 6.42 Å². The molecule has 0 saturated carbocycles. The van der Waals surface area contributed by atoms with E-state index in [-0.39, 0.29) is 30.2 Å². The smallest absolute Gasteiger partial charge is 0.411 e. The number of hydrogen-bond acceptors (Lipinski definition) is 5. The molecule has 7 nitrogen and oxygen atoms in total. The molecule has 3 rings (SSSR count). The number of rotatable bonds is 5. The lowest BCUT2D eigenvalue weighted by Gasteiger charge is -2.39. The molecule has 1 saturated heterocycles. The highest BCUT2D eigenvalue weighted by Gasteiger charge is 2.38. The fraction of sp³-hybridized carbons (Fsp3) is 0.692. The highest BCUT2D eigenvalue weighted by molar-refractivity contribution is 5.87. The van der Waals surface area contributed by atoms with Crippen LogP contribution in [0.4, 0.5) is 4.79 Å². The van der Waals surface area contributed by atoms with Crippen LogP contribution in [-0.2, 0) is 22.5 Å². The van der Waals surface area contributed by atoms with Gasteiger partial charge in [0.05, 0.1) is 6.54 Å². The van der Waals surface area contributed by atoms with Crippen molar-refractivity contribution in [2.75, 3.05) is 19.6 Å². The van der Waals surface area contributed by atoms with Gasteiger partial charge in [0.25, 0.3) is 0 Å². The lowest BCUT2D eigenvalue weighted by atomic mass is 9.92. The zero-order valence-electron chi connectivity index (χ0n) is 21.1. The Balaban J connectivity index is 1.77. The molecule has 2 amide bonds. The quantitative estimate of drug-likeness (QED) is 0.697. The first-order valence-electron chi connectivity index (χ1n) is 12.3. The van der Waals surface area contributed by atoms with Crippen LogP contribution >= 0.6 is 0 Å². The predicted molar refractivity (Wildman–Crippen MR) is 129 cm³/mol. The van der Waals surface area contributed by atoms with Gasteiger partial charge in [0.15, 0.2) is 0 Å². The van der Waals surface area contributed by atoms with Crippen LogP contribution in [0.3, 0.4) is 0 Å². The van der Waals surface area contributed by atoms with Gasteiger partial charge in [-0.05, 0) is 81.8 Å². The summed E-state index contributed by atoms with van der Waals surface area (Å²) in [6.45, 7) is 15.2. The molecule has 1 fully saturated rings. The van der Waals surface area contributed by atoms with Gasteiger partial charge in [-0.25, -0.2) is 4.79 Å². The van der Waals surface area contributed by atoms with Crippen molar-refractivity contribution in [2.45, 2.75) is 85.0 Å². The van der Waals surface area contributed by atoms with Crippen molar-refractivity contribution < 1.29 is 19.4 Å². The van der Waals surface area contributed by atoms with E-state index in [4.69, 9.17) is 4.74 Å². The molecular weight excluding hydrogens is 418 g/mol. The molecule has 2 aliphatic rings. The molecule has 33 heavy (non-hydrogen) atoms. The minimum atomic E-state index is -0.664. The van der Waals surface area contributed by atoms with E-state index in [1.165, 1.54) is 17.7 Å². The molecule has 2 atom stereocenters. The third kappa shape index (κ3) is 6.85. The van der Waals surface area contributed by atoms with Gasteiger partial charge < -0.3 is 20.1 Å². The highest BCUT2D eigenvalue weighted by atomic mass is 16.6. The first-order chi connectivity index (χ1) is 15.4. The van der Waals surface area contributed by atoms with Crippen LogP contribution in [0.2, 0.25) is 0 Å². The van der Waals surface area contributed by atoms with Gasteiger partial charge in [0.1, 0.15) is 17.4 Å². The van der Waals surface area contributed by atoms with Gasteiger partial charge in [-0.15, -0.1) is 0 Å². The molecule has 1 aromatic carbocycles. The van der Waals surface area contributed by atoms with Crippen LogP contribution < -0.4 is 5.32 Å². The molecule has 0 radical (unpaired) electrons. The van der Waals surface area contributed by atoms with Crippen molar-refractivity contribution >= 4 is 12.0 Å². The molecule has 7 heteroatoms. The fourth-order valence-electron chi connectivity index (χ4n) is 4.54.